The first-order valence-corrected chi connectivity index (χ1v) is 8.88. The van der Waals surface area contributed by atoms with Gasteiger partial charge >= 0.3 is 0 Å². The first kappa shape index (κ1) is 20.6. The maximum absolute atomic E-state index is 12.5. The molecule has 3 N–H and O–H groups in total. The minimum absolute atomic E-state index is 0. The van der Waals surface area contributed by atoms with Crippen LogP contribution < -0.4 is 11.1 Å². The Hall–Kier alpha value is -1.43. The number of nitrogens with one attached hydrogen (secondary N) is 1. The molecule has 1 aromatic heterocycles. The molecule has 0 unspecified atom stereocenters. The Balaban J connectivity index is 0.00000288. The second kappa shape index (κ2) is 9.16. The standard InChI is InChI=1S/C18H25N3OS.ClH/c1-4-18(5-2,12-19)17(22)20-11-15-13(3)21-16(23-15)14-9-7-6-8-10-14;/h6-10H,4-5,11-12,19H2,1-3H3,(H,20,22);1H. The van der Waals surface area contributed by atoms with Gasteiger partial charge in [0.15, 0.2) is 0 Å². The first-order chi connectivity index (χ1) is 11.1. The Labute approximate surface area is 154 Å². The van der Waals surface area contributed by atoms with Gasteiger partial charge in [0.05, 0.1) is 17.7 Å². The zero-order valence-corrected chi connectivity index (χ0v) is 16.1. The van der Waals surface area contributed by atoms with E-state index in [1.165, 1.54) is 0 Å². The zero-order chi connectivity index (χ0) is 16.9. The van der Waals surface area contributed by atoms with Gasteiger partial charge in [-0.05, 0) is 19.8 Å². The summed E-state index contributed by atoms with van der Waals surface area (Å²) in [5.74, 6) is 0.0408. The van der Waals surface area contributed by atoms with E-state index in [-0.39, 0.29) is 18.3 Å². The number of nitrogens with two attached hydrogens (primary N) is 1. The fourth-order valence-corrected chi connectivity index (χ4v) is 3.60. The lowest BCUT2D eigenvalue weighted by Gasteiger charge is -2.28. The van der Waals surface area contributed by atoms with Crippen LogP contribution in [0.1, 0.15) is 37.3 Å². The van der Waals surface area contributed by atoms with E-state index in [2.05, 4.69) is 10.3 Å². The number of amides is 1. The Kier molecular flexibility index (Phi) is 7.87. The molecule has 0 atom stereocenters. The van der Waals surface area contributed by atoms with Crippen molar-refractivity contribution >= 4 is 29.7 Å². The van der Waals surface area contributed by atoms with Crippen molar-refractivity contribution in [1.29, 1.82) is 0 Å². The number of hydrogen-bond acceptors (Lipinski definition) is 4. The third-order valence-corrected chi connectivity index (χ3v) is 5.76. The summed E-state index contributed by atoms with van der Waals surface area (Å²) < 4.78 is 0. The van der Waals surface area contributed by atoms with Crippen molar-refractivity contribution in [3.63, 3.8) is 0 Å². The van der Waals surface area contributed by atoms with Crippen molar-refractivity contribution < 1.29 is 4.79 Å². The first-order valence-electron chi connectivity index (χ1n) is 8.06. The highest BCUT2D eigenvalue weighted by molar-refractivity contribution is 7.15. The summed E-state index contributed by atoms with van der Waals surface area (Å²) in [5.41, 5.74) is 7.46. The number of carbonyl (C=O) groups is 1. The van der Waals surface area contributed by atoms with Gasteiger partial charge in [-0.1, -0.05) is 44.2 Å². The SMILES string of the molecule is CCC(CC)(CN)C(=O)NCc1sc(-c2ccccc2)nc1C.Cl. The molecule has 1 aromatic carbocycles. The number of hydrogen-bond donors (Lipinski definition) is 2. The molecule has 132 valence electrons. The van der Waals surface area contributed by atoms with Gasteiger partial charge in [-0.25, -0.2) is 4.98 Å². The summed E-state index contributed by atoms with van der Waals surface area (Å²) in [6.07, 6.45) is 1.51. The van der Waals surface area contributed by atoms with Crippen LogP contribution in [0.15, 0.2) is 30.3 Å². The molecule has 0 bridgehead atoms. The van der Waals surface area contributed by atoms with Crippen molar-refractivity contribution in [3.05, 3.63) is 40.9 Å². The highest BCUT2D eigenvalue weighted by Crippen LogP contribution is 2.29. The lowest BCUT2D eigenvalue weighted by atomic mass is 9.81. The van der Waals surface area contributed by atoms with Gasteiger partial charge in [0.25, 0.3) is 0 Å². The largest absolute Gasteiger partial charge is 0.351 e. The van der Waals surface area contributed by atoms with Gasteiger partial charge in [0.1, 0.15) is 5.01 Å². The second-order valence-electron chi connectivity index (χ2n) is 5.77. The number of aryl methyl sites for hydroxylation is 1. The molecule has 6 heteroatoms. The van der Waals surface area contributed by atoms with Gasteiger partial charge in [-0.2, -0.15) is 0 Å². The number of benzene rings is 1. The number of nitrogens with zero attached hydrogens (tertiary/aromatic N) is 1. The Bertz CT molecular complexity index is 645. The average Bonchev–Trinajstić information content (AvgIpc) is 2.97. The van der Waals surface area contributed by atoms with E-state index >= 15 is 0 Å². The van der Waals surface area contributed by atoms with Crippen molar-refractivity contribution in [2.45, 2.75) is 40.2 Å². The predicted molar refractivity (Wildman–Crippen MR) is 103 cm³/mol. The van der Waals surface area contributed by atoms with Gasteiger partial charge < -0.3 is 11.1 Å². The molecule has 0 radical (unpaired) electrons. The number of thiazole rings is 1. The van der Waals surface area contributed by atoms with Crippen molar-refractivity contribution in [3.8, 4) is 10.6 Å². The molecule has 1 heterocycles. The van der Waals surface area contributed by atoms with E-state index in [9.17, 15) is 4.79 Å². The summed E-state index contributed by atoms with van der Waals surface area (Å²) in [6, 6.07) is 10.1. The normalized spacial score (nSPS) is 11.0. The molecule has 0 aliphatic carbocycles. The summed E-state index contributed by atoms with van der Waals surface area (Å²) in [4.78, 5) is 18.2. The maximum atomic E-state index is 12.5. The van der Waals surface area contributed by atoms with Crippen LogP contribution in [0.3, 0.4) is 0 Å². The van der Waals surface area contributed by atoms with Crippen molar-refractivity contribution in [2.24, 2.45) is 11.1 Å². The number of halogens is 1. The maximum Gasteiger partial charge on any atom is 0.227 e. The molecule has 2 aromatic rings. The van der Waals surface area contributed by atoms with Crippen molar-refractivity contribution in [1.82, 2.24) is 10.3 Å². The van der Waals surface area contributed by atoms with Crippen LogP contribution in [-0.2, 0) is 11.3 Å². The molecule has 24 heavy (non-hydrogen) atoms. The second-order valence-corrected chi connectivity index (χ2v) is 6.85. The van der Waals surface area contributed by atoms with E-state index in [4.69, 9.17) is 5.73 Å². The quantitative estimate of drug-likeness (QED) is 0.779. The third-order valence-electron chi connectivity index (χ3n) is 4.55. The minimum Gasteiger partial charge on any atom is -0.351 e. The Morgan fingerprint density at radius 1 is 1.25 bits per heavy atom. The summed E-state index contributed by atoms with van der Waals surface area (Å²) >= 11 is 1.63. The van der Waals surface area contributed by atoms with E-state index in [0.717, 1.165) is 34.0 Å². The lowest BCUT2D eigenvalue weighted by molar-refractivity contribution is -0.131. The van der Waals surface area contributed by atoms with Crippen LogP contribution in [0.25, 0.3) is 10.6 Å². The molecule has 0 aliphatic heterocycles. The molecule has 0 saturated heterocycles. The van der Waals surface area contributed by atoms with Gasteiger partial charge in [-0.15, -0.1) is 23.7 Å². The van der Waals surface area contributed by atoms with Gasteiger partial charge in [0, 0.05) is 17.0 Å². The molecule has 1 amide bonds. The van der Waals surface area contributed by atoms with Crippen LogP contribution in [0.5, 0.6) is 0 Å². The predicted octanol–water partition coefficient (Wildman–Crippen LogP) is 3.92. The Morgan fingerprint density at radius 3 is 2.42 bits per heavy atom. The molecule has 0 saturated carbocycles. The topological polar surface area (TPSA) is 68.0 Å². The van der Waals surface area contributed by atoms with Crippen LogP contribution in [0.4, 0.5) is 0 Å². The third kappa shape index (κ3) is 4.35. The highest BCUT2D eigenvalue weighted by atomic mass is 35.5. The van der Waals surface area contributed by atoms with E-state index in [1.807, 2.05) is 51.1 Å². The molecule has 0 spiro atoms. The summed E-state index contributed by atoms with van der Waals surface area (Å²) in [5, 5.41) is 4.04. The van der Waals surface area contributed by atoms with E-state index < -0.39 is 5.41 Å². The highest BCUT2D eigenvalue weighted by Gasteiger charge is 2.33. The molecule has 0 aliphatic rings. The molecule has 2 rings (SSSR count). The number of aromatic nitrogens is 1. The summed E-state index contributed by atoms with van der Waals surface area (Å²) in [6.45, 7) is 6.91. The minimum atomic E-state index is -0.457. The molecule has 4 nitrogen and oxygen atoms in total. The van der Waals surface area contributed by atoms with Crippen LogP contribution >= 0.6 is 23.7 Å². The molecule has 0 fully saturated rings. The van der Waals surface area contributed by atoms with Gasteiger partial charge in [-0.3, -0.25) is 4.79 Å². The monoisotopic (exact) mass is 367 g/mol. The average molecular weight is 368 g/mol. The Morgan fingerprint density at radius 2 is 1.88 bits per heavy atom. The van der Waals surface area contributed by atoms with E-state index in [0.29, 0.717) is 13.1 Å². The molecular formula is C18H26ClN3OS. The smallest absolute Gasteiger partial charge is 0.227 e. The van der Waals surface area contributed by atoms with Crippen LogP contribution in [0, 0.1) is 12.3 Å². The van der Waals surface area contributed by atoms with Crippen LogP contribution in [0.2, 0.25) is 0 Å². The fraction of sp³-hybridized carbons (Fsp3) is 0.444. The van der Waals surface area contributed by atoms with Gasteiger partial charge in [0.2, 0.25) is 5.91 Å². The zero-order valence-electron chi connectivity index (χ0n) is 14.5. The fourth-order valence-electron chi connectivity index (χ4n) is 2.60. The van der Waals surface area contributed by atoms with Crippen molar-refractivity contribution in [2.75, 3.05) is 6.54 Å². The lowest BCUT2D eigenvalue weighted by Crippen LogP contribution is -2.44. The number of rotatable bonds is 7. The molecular weight excluding hydrogens is 342 g/mol. The number of carbonyl (C=O) groups excluding carboxylic acids is 1. The van der Waals surface area contributed by atoms with E-state index in [1.54, 1.807) is 11.3 Å². The summed E-state index contributed by atoms with van der Waals surface area (Å²) in [7, 11) is 0. The van der Waals surface area contributed by atoms with Crippen LogP contribution in [-0.4, -0.2) is 17.4 Å².